The summed E-state index contributed by atoms with van der Waals surface area (Å²) in [7, 11) is 4.08. The molecule has 0 aliphatic carbocycles. The van der Waals surface area contributed by atoms with Gasteiger partial charge in [0.05, 0.1) is 27.6 Å². The van der Waals surface area contributed by atoms with Crippen molar-refractivity contribution >= 4 is 85.0 Å². The average Bonchev–Trinajstić information content (AvgIpc) is 4.05. The summed E-state index contributed by atoms with van der Waals surface area (Å²) >= 11 is 16.6. The zero-order valence-corrected chi connectivity index (χ0v) is 33.3. The van der Waals surface area contributed by atoms with E-state index < -0.39 is 0 Å². The lowest BCUT2D eigenvalue weighted by atomic mass is 10.0. The van der Waals surface area contributed by atoms with Gasteiger partial charge >= 0.3 is 0 Å². The molecule has 9 rings (SSSR count). The van der Waals surface area contributed by atoms with Crippen LogP contribution in [0.3, 0.4) is 0 Å². The molecular formula is C44H37Cl2N7S2. The van der Waals surface area contributed by atoms with Crippen LogP contribution in [0, 0.1) is 0 Å². The van der Waals surface area contributed by atoms with Crippen molar-refractivity contribution in [3.63, 3.8) is 0 Å². The summed E-state index contributed by atoms with van der Waals surface area (Å²) in [5.41, 5.74) is 8.44. The number of anilines is 3. The Morgan fingerprint density at radius 3 is 1.69 bits per heavy atom. The summed E-state index contributed by atoms with van der Waals surface area (Å²) < 4.78 is 0. The number of hydrogen-bond donors (Lipinski definition) is 4. The Balaban J connectivity index is 0.000000155. The molecule has 0 saturated carbocycles. The van der Waals surface area contributed by atoms with Crippen LogP contribution in [-0.4, -0.2) is 34.5 Å². The second-order valence-electron chi connectivity index (χ2n) is 13.1. The Kier molecular flexibility index (Phi) is 10.9. The van der Waals surface area contributed by atoms with E-state index in [1.54, 1.807) is 11.3 Å². The summed E-state index contributed by atoms with van der Waals surface area (Å²) in [5.74, 6) is 1.67. The minimum atomic E-state index is 0.705. The first kappa shape index (κ1) is 36.4. The van der Waals surface area contributed by atoms with Gasteiger partial charge in [0.2, 0.25) is 0 Å². The number of hydrogen-bond acceptors (Lipinski definition) is 7. The summed E-state index contributed by atoms with van der Waals surface area (Å²) in [6.45, 7) is 1.44. The molecule has 7 nitrogen and oxygen atoms in total. The SMILES string of the molecule is CN(C)c1ccc(CNc2n[nH]c3cc(Cl)c(-c4ccccc4)cc23)cc1.Clc1cc2[nH]nc(NCc3ccc(-c4cccs4)s3)c2cc1-c1ccccc1. The molecule has 11 heteroatoms. The maximum atomic E-state index is 6.51. The largest absolute Gasteiger partial charge is 0.378 e. The van der Waals surface area contributed by atoms with Gasteiger partial charge < -0.3 is 15.5 Å². The topological polar surface area (TPSA) is 84.7 Å². The molecule has 0 saturated heterocycles. The normalized spacial score (nSPS) is 11.1. The van der Waals surface area contributed by atoms with Crippen molar-refractivity contribution in [2.75, 3.05) is 29.6 Å². The summed E-state index contributed by atoms with van der Waals surface area (Å²) in [5, 5.41) is 27.5. The van der Waals surface area contributed by atoms with Gasteiger partial charge in [0.25, 0.3) is 0 Å². The lowest BCUT2D eigenvalue weighted by Crippen LogP contribution is -2.08. The first-order valence-electron chi connectivity index (χ1n) is 17.7. The third-order valence-electron chi connectivity index (χ3n) is 9.24. The monoisotopic (exact) mass is 797 g/mol. The molecule has 0 radical (unpaired) electrons. The number of nitrogens with one attached hydrogen (secondary N) is 4. The molecule has 4 aromatic heterocycles. The number of rotatable bonds is 10. The van der Waals surface area contributed by atoms with Gasteiger partial charge in [-0.05, 0) is 76.7 Å². The van der Waals surface area contributed by atoms with Crippen molar-refractivity contribution in [3.05, 3.63) is 159 Å². The van der Waals surface area contributed by atoms with Gasteiger partial charge in [0.1, 0.15) is 0 Å². The third-order valence-corrected chi connectivity index (χ3v) is 12.0. The number of thiophene rings is 2. The van der Waals surface area contributed by atoms with Crippen LogP contribution in [0.1, 0.15) is 10.4 Å². The van der Waals surface area contributed by atoms with Crippen LogP contribution in [0.4, 0.5) is 17.3 Å². The highest BCUT2D eigenvalue weighted by Crippen LogP contribution is 2.36. The molecule has 0 amide bonds. The van der Waals surface area contributed by atoms with Crippen LogP contribution in [0.2, 0.25) is 10.0 Å². The van der Waals surface area contributed by atoms with Crippen LogP contribution >= 0.6 is 45.9 Å². The standard InChI is InChI=1S/C22H21ClN4.C22H16ClN3S2/c1-27(2)17-10-8-15(9-11-17)14-24-22-19-12-18(16-6-4-3-5-7-16)20(23)13-21(19)25-26-22;23-18-12-19-17(11-16(18)14-5-2-1-3-6-14)22(26-25-19)24-13-15-8-9-21(28-15)20-7-4-10-27-20/h3-13H,14H2,1-2H3,(H2,24,25,26);1-12H,13H2,(H2,24,25,26). The van der Waals surface area contributed by atoms with Gasteiger partial charge in [-0.15, -0.1) is 22.7 Å². The molecule has 274 valence electrons. The molecule has 4 N–H and O–H groups in total. The van der Waals surface area contributed by atoms with Crippen molar-refractivity contribution in [2.45, 2.75) is 13.1 Å². The smallest absolute Gasteiger partial charge is 0.156 e. The van der Waals surface area contributed by atoms with Crippen LogP contribution < -0.4 is 15.5 Å². The minimum absolute atomic E-state index is 0.705. The Bertz CT molecular complexity index is 2650. The second-order valence-corrected chi connectivity index (χ2v) is 16.1. The van der Waals surface area contributed by atoms with E-state index in [0.29, 0.717) is 16.6 Å². The fraction of sp³-hybridized carbons (Fsp3) is 0.0909. The van der Waals surface area contributed by atoms with E-state index in [1.807, 2.05) is 74.0 Å². The van der Waals surface area contributed by atoms with E-state index >= 15 is 0 Å². The van der Waals surface area contributed by atoms with Crippen LogP contribution in [-0.2, 0) is 13.1 Å². The van der Waals surface area contributed by atoms with Gasteiger partial charge in [-0.3, -0.25) is 10.2 Å². The number of aromatic nitrogens is 4. The molecule has 0 fully saturated rings. The molecule has 0 aliphatic rings. The zero-order chi connectivity index (χ0) is 37.7. The molecule has 55 heavy (non-hydrogen) atoms. The highest BCUT2D eigenvalue weighted by molar-refractivity contribution is 7.21. The average molecular weight is 799 g/mol. The van der Waals surface area contributed by atoms with Gasteiger partial charge in [0, 0.05) is 62.9 Å². The van der Waals surface area contributed by atoms with E-state index in [-0.39, 0.29) is 0 Å². The minimum Gasteiger partial charge on any atom is -0.378 e. The van der Waals surface area contributed by atoms with Crippen molar-refractivity contribution in [3.8, 4) is 32.0 Å². The fourth-order valence-corrected chi connectivity index (χ4v) is 8.64. The van der Waals surface area contributed by atoms with Gasteiger partial charge in [-0.25, -0.2) is 0 Å². The van der Waals surface area contributed by atoms with E-state index in [4.69, 9.17) is 23.2 Å². The van der Waals surface area contributed by atoms with E-state index in [0.717, 1.165) is 62.2 Å². The van der Waals surface area contributed by atoms with E-state index in [1.165, 1.54) is 25.9 Å². The number of fused-ring (bicyclic) bond motifs is 2. The van der Waals surface area contributed by atoms with Crippen LogP contribution in [0.5, 0.6) is 0 Å². The van der Waals surface area contributed by atoms with Crippen LogP contribution in [0.15, 0.2) is 139 Å². The molecular weight excluding hydrogens is 762 g/mol. The number of H-pyrrole nitrogens is 2. The lowest BCUT2D eigenvalue weighted by Gasteiger charge is -2.13. The third kappa shape index (κ3) is 8.26. The zero-order valence-electron chi connectivity index (χ0n) is 30.1. The van der Waals surface area contributed by atoms with Gasteiger partial charge in [-0.1, -0.05) is 102 Å². The highest BCUT2D eigenvalue weighted by atomic mass is 35.5. The van der Waals surface area contributed by atoms with Gasteiger partial charge in [-0.2, -0.15) is 10.2 Å². The second kappa shape index (κ2) is 16.4. The summed E-state index contributed by atoms with van der Waals surface area (Å²) in [6.07, 6.45) is 0. The number of benzene rings is 5. The fourth-order valence-electron chi connectivity index (χ4n) is 6.32. The molecule has 9 aromatic rings. The summed E-state index contributed by atoms with van der Waals surface area (Å²) in [6, 6.07) is 45.5. The van der Waals surface area contributed by atoms with Crippen molar-refractivity contribution in [1.29, 1.82) is 0 Å². The molecule has 0 unspecified atom stereocenters. The molecule has 0 aliphatic heterocycles. The van der Waals surface area contributed by atoms with Crippen molar-refractivity contribution in [2.24, 2.45) is 0 Å². The first-order chi connectivity index (χ1) is 26.9. The molecule has 0 spiro atoms. The molecule has 4 heterocycles. The Hall–Kier alpha value is -5.58. The lowest BCUT2D eigenvalue weighted by molar-refractivity contribution is 1.06. The maximum absolute atomic E-state index is 6.51. The number of aromatic amines is 2. The van der Waals surface area contributed by atoms with Gasteiger partial charge in [0.15, 0.2) is 11.6 Å². The van der Waals surface area contributed by atoms with E-state index in [9.17, 15) is 0 Å². The Morgan fingerprint density at radius 2 is 1.16 bits per heavy atom. The quantitative estimate of drug-likeness (QED) is 0.111. The van der Waals surface area contributed by atoms with Crippen LogP contribution in [0.25, 0.3) is 53.8 Å². The first-order valence-corrected chi connectivity index (χ1v) is 20.2. The maximum Gasteiger partial charge on any atom is 0.156 e. The Morgan fingerprint density at radius 1 is 0.600 bits per heavy atom. The molecule has 0 atom stereocenters. The molecule has 5 aromatic carbocycles. The molecule has 0 bridgehead atoms. The predicted octanol–water partition coefficient (Wildman–Crippen LogP) is 12.8. The summed E-state index contributed by atoms with van der Waals surface area (Å²) in [4.78, 5) is 5.98. The van der Waals surface area contributed by atoms with Crippen molar-refractivity contribution in [1.82, 2.24) is 20.4 Å². The van der Waals surface area contributed by atoms with E-state index in [2.05, 4.69) is 126 Å². The predicted molar refractivity (Wildman–Crippen MR) is 236 cm³/mol. The Labute approximate surface area is 337 Å². The van der Waals surface area contributed by atoms with Crippen molar-refractivity contribution < 1.29 is 0 Å². The number of halogens is 2. The highest BCUT2D eigenvalue weighted by Gasteiger charge is 2.13. The number of nitrogens with zero attached hydrogens (tertiary/aromatic N) is 3.